The van der Waals surface area contributed by atoms with Gasteiger partial charge in [-0.15, -0.1) is 0 Å². The Morgan fingerprint density at radius 2 is 1.41 bits per heavy atom. The van der Waals surface area contributed by atoms with Crippen molar-refractivity contribution in [3.8, 4) is 0 Å². The van der Waals surface area contributed by atoms with Gasteiger partial charge in [-0.25, -0.2) is 0 Å². The highest BCUT2D eigenvalue weighted by Crippen LogP contribution is 2.31. The van der Waals surface area contributed by atoms with E-state index in [-0.39, 0.29) is 12.0 Å². The smallest absolute Gasteiger partial charge is 0.323 e. The second-order valence-corrected chi connectivity index (χ2v) is 6.97. The molecule has 0 aliphatic carbocycles. The van der Waals surface area contributed by atoms with Gasteiger partial charge < -0.3 is 9.47 Å². The molecule has 0 aliphatic heterocycles. The summed E-state index contributed by atoms with van der Waals surface area (Å²) in [5, 5.41) is 0. The van der Waals surface area contributed by atoms with E-state index in [0.29, 0.717) is 25.4 Å². The van der Waals surface area contributed by atoms with Gasteiger partial charge in [0.25, 0.3) is 0 Å². The van der Waals surface area contributed by atoms with Crippen LogP contribution in [-0.4, -0.2) is 24.6 Å². The Labute approximate surface area is 135 Å². The molecule has 0 aromatic rings. The van der Waals surface area contributed by atoms with Crippen LogP contribution in [0.1, 0.15) is 74.1 Å². The molecule has 22 heavy (non-hydrogen) atoms. The van der Waals surface area contributed by atoms with Crippen molar-refractivity contribution < 1.29 is 19.1 Å². The summed E-state index contributed by atoms with van der Waals surface area (Å²) in [5.74, 6) is -0.0783. The molecule has 0 heterocycles. The zero-order valence-electron chi connectivity index (χ0n) is 15.4. The van der Waals surface area contributed by atoms with Crippen molar-refractivity contribution in [1.29, 1.82) is 0 Å². The number of rotatable bonds is 10. The third-order valence-corrected chi connectivity index (χ3v) is 4.00. The van der Waals surface area contributed by atoms with Crippen molar-refractivity contribution in [2.24, 2.45) is 17.3 Å². The number of hydrogen-bond donors (Lipinski definition) is 0. The van der Waals surface area contributed by atoms with Gasteiger partial charge >= 0.3 is 11.9 Å². The quantitative estimate of drug-likeness (QED) is 0.444. The summed E-state index contributed by atoms with van der Waals surface area (Å²) in [6, 6.07) is 0. The van der Waals surface area contributed by atoms with Gasteiger partial charge in [-0.1, -0.05) is 41.5 Å². The molecule has 0 rings (SSSR count). The second-order valence-electron chi connectivity index (χ2n) is 6.97. The van der Waals surface area contributed by atoms with Crippen molar-refractivity contribution in [3.05, 3.63) is 0 Å². The Bertz CT molecular complexity index is 343. The van der Waals surface area contributed by atoms with Crippen LogP contribution < -0.4 is 0 Å². The van der Waals surface area contributed by atoms with E-state index in [1.54, 1.807) is 0 Å². The fourth-order valence-corrected chi connectivity index (χ4v) is 2.21. The molecule has 4 nitrogen and oxygen atoms in total. The third kappa shape index (κ3) is 6.37. The fourth-order valence-electron chi connectivity index (χ4n) is 2.21. The summed E-state index contributed by atoms with van der Waals surface area (Å²) in [4.78, 5) is 24.9. The summed E-state index contributed by atoms with van der Waals surface area (Å²) < 4.78 is 10.8. The van der Waals surface area contributed by atoms with Crippen molar-refractivity contribution >= 4 is 11.9 Å². The van der Waals surface area contributed by atoms with E-state index in [1.165, 1.54) is 0 Å². The minimum absolute atomic E-state index is 0.176. The molecule has 4 heteroatoms. The first-order valence-electron chi connectivity index (χ1n) is 8.57. The average Bonchev–Trinajstić information content (AvgIpc) is 2.44. The Balaban J connectivity index is 4.83. The van der Waals surface area contributed by atoms with Crippen LogP contribution in [0.5, 0.6) is 0 Å². The lowest BCUT2D eigenvalue weighted by molar-refractivity contribution is -0.177. The van der Waals surface area contributed by atoms with Crippen LogP contribution in [-0.2, 0) is 19.1 Å². The van der Waals surface area contributed by atoms with Crippen LogP contribution in [0.25, 0.3) is 0 Å². The summed E-state index contributed by atoms with van der Waals surface area (Å²) >= 11 is 0. The highest BCUT2D eigenvalue weighted by molar-refractivity contribution is 6.00. The van der Waals surface area contributed by atoms with Crippen molar-refractivity contribution in [1.82, 2.24) is 0 Å². The van der Waals surface area contributed by atoms with E-state index in [9.17, 15) is 9.59 Å². The Morgan fingerprint density at radius 3 is 1.82 bits per heavy atom. The zero-order chi connectivity index (χ0) is 17.3. The topological polar surface area (TPSA) is 52.6 Å². The molecular formula is C18H34O4. The van der Waals surface area contributed by atoms with Gasteiger partial charge in [-0.2, -0.15) is 0 Å². The Hall–Kier alpha value is -1.06. The molecule has 0 N–H and O–H groups in total. The van der Waals surface area contributed by atoms with E-state index in [2.05, 4.69) is 13.8 Å². The minimum atomic E-state index is -1.17. The highest BCUT2D eigenvalue weighted by Gasteiger charge is 2.46. The highest BCUT2D eigenvalue weighted by atomic mass is 16.6. The molecule has 130 valence electrons. The second kappa shape index (κ2) is 9.86. The summed E-state index contributed by atoms with van der Waals surface area (Å²) in [6.07, 6.45) is 2.43. The molecular weight excluding hydrogens is 280 g/mol. The molecule has 1 unspecified atom stereocenters. The summed E-state index contributed by atoms with van der Waals surface area (Å²) in [5.41, 5.74) is -1.17. The van der Waals surface area contributed by atoms with E-state index < -0.39 is 17.4 Å². The third-order valence-electron chi connectivity index (χ3n) is 4.00. The number of hydrogen-bond acceptors (Lipinski definition) is 4. The number of ether oxygens (including phenoxy) is 2. The lowest BCUT2D eigenvalue weighted by Gasteiger charge is -2.29. The zero-order valence-corrected chi connectivity index (χ0v) is 15.4. The van der Waals surface area contributed by atoms with Gasteiger partial charge in [0, 0.05) is 0 Å². The molecule has 0 saturated heterocycles. The lowest BCUT2D eigenvalue weighted by Crippen LogP contribution is -2.42. The maximum Gasteiger partial charge on any atom is 0.323 e. The van der Waals surface area contributed by atoms with Gasteiger partial charge in [0.15, 0.2) is 5.41 Å². The molecule has 0 bridgehead atoms. The largest absolute Gasteiger partial charge is 0.465 e. The van der Waals surface area contributed by atoms with Gasteiger partial charge in [0.1, 0.15) is 0 Å². The first kappa shape index (κ1) is 20.9. The molecule has 0 saturated carbocycles. The first-order valence-corrected chi connectivity index (χ1v) is 8.57. The molecule has 0 spiro atoms. The van der Waals surface area contributed by atoms with Crippen LogP contribution in [0.2, 0.25) is 0 Å². The van der Waals surface area contributed by atoms with Crippen LogP contribution in [0, 0.1) is 17.3 Å². The lowest BCUT2D eigenvalue weighted by atomic mass is 9.82. The Morgan fingerprint density at radius 1 is 0.864 bits per heavy atom. The van der Waals surface area contributed by atoms with E-state index in [1.807, 2.05) is 34.6 Å². The molecule has 0 amide bonds. The van der Waals surface area contributed by atoms with E-state index >= 15 is 0 Å². The van der Waals surface area contributed by atoms with E-state index in [0.717, 1.165) is 12.8 Å². The molecule has 0 aromatic carbocycles. The van der Waals surface area contributed by atoms with Crippen LogP contribution in [0.15, 0.2) is 0 Å². The SMILES string of the molecule is CCC(CC)(C(=O)OCC(C)C)C(=O)OC(C)CCC(C)C. The molecule has 1 atom stereocenters. The van der Waals surface area contributed by atoms with Gasteiger partial charge in [0.05, 0.1) is 12.7 Å². The van der Waals surface area contributed by atoms with Crippen molar-refractivity contribution in [2.75, 3.05) is 6.61 Å². The van der Waals surface area contributed by atoms with Crippen molar-refractivity contribution in [2.45, 2.75) is 80.3 Å². The normalized spacial score (nSPS) is 13.3. The maximum absolute atomic E-state index is 12.5. The predicted octanol–water partition coefficient (Wildman–Crippen LogP) is 4.36. The maximum atomic E-state index is 12.5. The van der Waals surface area contributed by atoms with Gasteiger partial charge in [-0.05, 0) is 44.4 Å². The monoisotopic (exact) mass is 314 g/mol. The fraction of sp³-hybridized carbons (Fsp3) is 0.889. The predicted molar refractivity (Wildman–Crippen MR) is 88.4 cm³/mol. The standard InChI is InChI=1S/C18H34O4/c1-8-18(9-2,16(19)21-12-14(5)6)17(20)22-15(7)11-10-13(3)4/h13-15H,8-12H2,1-7H3. The molecule has 0 radical (unpaired) electrons. The molecule has 0 aliphatic rings. The Kier molecular flexibility index (Phi) is 9.38. The van der Waals surface area contributed by atoms with Gasteiger partial charge in [0.2, 0.25) is 0 Å². The van der Waals surface area contributed by atoms with Crippen LogP contribution in [0.3, 0.4) is 0 Å². The van der Waals surface area contributed by atoms with Crippen LogP contribution >= 0.6 is 0 Å². The van der Waals surface area contributed by atoms with Crippen molar-refractivity contribution in [3.63, 3.8) is 0 Å². The van der Waals surface area contributed by atoms with Crippen LogP contribution in [0.4, 0.5) is 0 Å². The minimum Gasteiger partial charge on any atom is -0.465 e. The molecule has 0 fully saturated rings. The first-order chi connectivity index (χ1) is 10.2. The summed E-state index contributed by atoms with van der Waals surface area (Å²) in [7, 11) is 0. The summed E-state index contributed by atoms with van der Waals surface area (Å²) in [6.45, 7) is 14.1. The average molecular weight is 314 g/mol. The molecule has 0 aromatic heterocycles. The van der Waals surface area contributed by atoms with E-state index in [4.69, 9.17) is 9.47 Å². The number of esters is 2. The van der Waals surface area contributed by atoms with Gasteiger partial charge in [-0.3, -0.25) is 9.59 Å². The number of carbonyl (C=O) groups is 2. The number of carbonyl (C=O) groups excluding carboxylic acids is 2.